The van der Waals surface area contributed by atoms with Crippen LogP contribution in [0.2, 0.25) is 0 Å². The second kappa shape index (κ2) is 9.13. The van der Waals surface area contributed by atoms with Crippen LogP contribution >= 0.6 is 0 Å². The highest BCUT2D eigenvalue weighted by Gasteiger charge is 2.08. The van der Waals surface area contributed by atoms with Crippen molar-refractivity contribution < 1.29 is 10.0 Å². The van der Waals surface area contributed by atoms with Gasteiger partial charge in [-0.1, -0.05) is 31.1 Å². The topological polar surface area (TPSA) is 87.7 Å². The van der Waals surface area contributed by atoms with Crippen LogP contribution in [0.1, 0.15) is 49.0 Å². The van der Waals surface area contributed by atoms with Crippen molar-refractivity contribution in [3.63, 3.8) is 0 Å². The fraction of sp³-hybridized carbons (Fsp3) is 0.500. The van der Waals surface area contributed by atoms with E-state index in [-0.39, 0.29) is 5.91 Å². The molecule has 0 radical (unpaired) electrons. The number of hydrogen-bond acceptors (Lipinski definition) is 4. The fourth-order valence-corrected chi connectivity index (χ4v) is 1.90. The number of carbonyl (C=O) groups is 1. The van der Waals surface area contributed by atoms with E-state index < -0.39 is 0 Å². The Morgan fingerprint density at radius 2 is 1.90 bits per heavy atom. The Balaban J connectivity index is 2.65. The van der Waals surface area contributed by atoms with Crippen LogP contribution in [0, 0.1) is 5.92 Å². The van der Waals surface area contributed by atoms with Gasteiger partial charge in [0.1, 0.15) is 0 Å². The monoisotopic (exact) mass is 291 g/mol. The van der Waals surface area contributed by atoms with E-state index in [4.69, 9.17) is 10.9 Å². The molecular weight excluding hydrogens is 266 g/mol. The van der Waals surface area contributed by atoms with Gasteiger partial charge < -0.3 is 16.3 Å². The molecule has 1 aromatic carbocycles. The Morgan fingerprint density at radius 3 is 2.43 bits per heavy atom. The van der Waals surface area contributed by atoms with E-state index in [1.807, 2.05) is 12.1 Å². The highest BCUT2D eigenvalue weighted by atomic mass is 16.4. The van der Waals surface area contributed by atoms with Crippen molar-refractivity contribution in [1.82, 2.24) is 5.32 Å². The second-order valence-electron chi connectivity index (χ2n) is 5.45. The maximum atomic E-state index is 11.9. The molecule has 0 unspecified atom stereocenters. The number of nitrogens with two attached hydrogens (primary N) is 1. The van der Waals surface area contributed by atoms with Crippen LogP contribution in [0.15, 0.2) is 29.4 Å². The number of nitrogens with zero attached hydrogens (tertiary/aromatic N) is 1. The second-order valence-corrected chi connectivity index (χ2v) is 5.45. The molecule has 21 heavy (non-hydrogen) atoms. The summed E-state index contributed by atoms with van der Waals surface area (Å²) < 4.78 is 0. The first kappa shape index (κ1) is 17.2. The lowest BCUT2D eigenvalue weighted by atomic mass is 9.99. The van der Waals surface area contributed by atoms with Crippen LogP contribution in [0.4, 0.5) is 0 Å². The Labute approximate surface area is 126 Å². The van der Waals surface area contributed by atoms with Gasteiger partial charge in [-0.05, 0) is 49.4 Å². The number of amides is 1. The molecule has 0 saturated heterocycles. The molecular formula is C16H25N3O2. The largest absolute Gasteiger partial charge is 0.411 e. The van der Waals surface area contributed by atoms with Crippen LogP contribution in [0.5, 0.6) is 0 Å². The predicted octanol–water partition coefficient (Wildman–Crippen LogP) is 2.38. The molecule has 0 bridgehead atoms. The van der Waals surface area contributed by atoms with Crippen molar-refractivity contribution >= 4 is 11.6 Å². The fourth-order valence-electron chi connectivity index (χ4n) is 1.90. The van der Waals surface area contributed by atoms with E-state index >= 15 is 0 Å². The minimum Gasteiger partial charge on any atom is -0.411 e. The van der Waals surface area contributed by atoms with Gasteiger partial charge in [-0.25, -0.2) is 0 Å². The summed E-state index contributed by atoms with van der Waals surface area (Å²) in [5.41, 5.74) is 7.47. The summed E-state index contributed by atoms with van der Waals surface area (Å²) >= 11 is 0. The normalized spacial score (nSPS) is 11.7. The van der Waals surface area contributed by atoms with Gasteiger partial charge in [-0.15, -0.1) is 0 Å². The lowest BCUT2D eigenvalue weighted by molar-refractivity contribution is 0.0953. The van der Waals surface area contributed by atoms with E-state index in [0.29, 0.717) is 30.3 Å². The average molecular weight is 291 g/mol. The summed E-state index contributed by atoms with van der Waals surface area (Å²) in [4.78, 5) is 11.9. The molecule has 0 aliphatic rings. The minimum absolute atomic E-state index is 0.111. The van der Waals surface area contributed by atoms with E-state index in [0.717, 1.165) is 24.8 Å². The summed E-state index contributed by atoms with van der Waals surface area (Å²) in [7, 11) is 0. The van der Waals surface area contributed by atoms with Crippen LogP contribution in [-0.4, -0.2) is 29.9 Å². The third-order valence-corrected chi connectivity index (χ3v) is 3.23. The molecule has 4 N–H and O–H groups in total. The maximum absolute atomic E-state index is 11.9. The van der Waals surface area contributed by atoms with E-state index in [1.165, 1.54) is 0 Å². The summed E-state index contributed by atoms with van der Waals surface area (Å²) in [5, 5.41) is 15.3. The van der Waals surface area contributed by atoms with Crippen molar-refractivity contribution in [3.8, 4) is 0 Å². The maximum Gasteiger partial charge on any atom is 0.251 e. The molecule has 116 valence electrons. The summed E-state index contributed by atoms with van der Waals surface area (Å²) in [5.74, 6) is 0.439. The van der Waals surface area contributed by atoms with Crippen molar-refractivity contribution in [3.05, 3.63) is 35.4 Å². The first-order valence-corrected chi connectivity index (χ1v) is 7.38. The smallest absolute Gasteiger partial charge is 0.251 e. The van der Waals surface area contributed by atoms with Crippen molar-refractivity contribution in [2.75, 3.05) is 13.1 Å². The molecule has 0 aliphatic carbocycles. The molecule has 5 heteroatoms. The molecule has 5 nitrogen and oxygen atoms in total. The molecule has 0 saturated carbocycles. The zero-order valence-corrected chi connectivity index (χ0v) is 12.8. The SMILES string of the molecule is CC(C)CC/C(=N/O)c1ccc(C(=O)NCCCN)cc1. The van der Waals surface area contributed by atoms with Crippen molar-refractivity contribution in [1.29, 1.82) is 0 Å². The predicted molar refractivity (Wildman–Crippen MR) is 84.8 cm³/mol. The number of hydrogen-bond donors (Lipinski definition) is 3. The van der Waals surface area contributed by atoms with Gasteiger partial charge in [0.25, 0.3) is 5.91 Å². The highest BCUT2D eigenvalue weighted by Crippen LogP contribution is 2.12. The van der Waals surface area contributed by atoms with E-state index in [2.05, 4.69) is 24.3 Å². The zero-order chi connectivity index (χ0) is 15.7. The minimum atomic E-state index is -0.111. The molecule has 0 spiro atoms. The van der Waals surface area contributed by atoms with Crippen LogP contribution in [0.3, 0.4) is 0 Å². The number of benzene rings is 1. The average Bonchev–Trinajstić information content (AvgIpc) is 2.48. The van der Waals surface area contributed by atoms with Crippen molar-refractivity contribution in [2.45, 2.75) is 33.1 Å². The van der Waals surface area contributed by atoms with Gasteiger partial charge in [-0.3, -0.25) is 4.79 Å². The summed E-state index contributed by atoms with van der Waals surface area (Å²) in [6.07, 6.45) is 2.44. The Kier molecular flexibility index (Phi) is 7.46. The van der Waals surface area contributed by atoms with Crippen LogP contribution in [-0.2, 0) is 0 Å². The molecule has 1 aromatic rings. The van der Waals surface area contributed by atoms with Gasteiger partial charge in [0, 0.05) is 12.1 Å². The molecule has 0 aromatic heterocycles. The number of carbonyl (C=O) groups excluding carboxylic acids is 1. The summed E-state index contributed by atoms with van der Waals surface area (Å²) in [6.45, 7) is 5.40. The third-order valence-electron chi connectivity index (χ3n) is 3.23. The van der Waals surface area contributed by atoms with Gasteiger partial charge in [0.05, 0.1) is 5.71 Å². The third kappa shape index (κ3) is 5.95. The molecule has 0 aliphatic heterocycles. The lowest BCUT2D eigenvalue weighted by Crippen LogP contribution is -2.25. The first-order valence-electron chi connectivity index (χ1n) is 7.38. The summed E-state index contributed by atoms with van der Waals surface area (Å²) in [6, 6.07) is 7.11. The molecule has 1 amide bonds. The molecule has 1 rings (SSSR count). The Morgan fingerprint density at radius 1 is 1.29 bits per heavy atom. The molecule has 0 atom stereocenters. The van der Waals surface area contributed by atoms with Gasteiger partial charge in [-0.2, -0.15) is 0 Å². The quantitative estimate of drug-likeness (QED) is 0.297. The van der Waals surface area contributed by atoms with E-state index in [9.17, 15) is 4.79 Å². The standard InChI is InChI=1S/C16H25N3O2/c1-12(2)4-9-15(19-21)13-5-7-14(8-6-13)16(20)18-11-3-10-17/h5-8,12,21H,3-4,9-11,17H2,1-2H3,(H,18,20)/b19-15-. The van der Waals surface area contributed by atoms with Gasteiger partial charge in [0.2, 0.25) is 0 Å². The van der Waals surface area contributed by atoms with Gasteiger partial charge >= 0.3 is 0 Å². The number of oxime groups is 1. The zero-order valence-electron chi connectivity index (χ0n) is 12.8. The van der Waals surface area contributed by atoms with Gasteiger partial charge in [0.15, 0.2) is 0 Å². The van der Waals surface area contributed by atoms with E-state index in [1.54, 1.807) is 12.1 Å². The highest BCUT2D eigenvalue weighted by molar-refractivity contribution is 6.01. The molecule has 0 fully saturated rings. The van der Waals surface area contributed by atoms with Crippen molar-refractivity contribution in [2.24, 2.45) is 16.8 Å². The lowest BCUT2D eigenvalue weighted by Gasteiger charge is -2.08. The Hall–Kier alpha value is -1.88. The van der Waals surface area contributed by atoms with Crippen LogP contribution < -0.4 is 11.1 Å². The number of rotatable bonds is 8. The Bertz CT molecular complexity index is 467. The van der Waals surface area contributed by atoms with Crippen LogP contribution in [0.25, 0.3) is 0 Å². The number of nitrogens with one attached hydrogen (secondary N) is 1. The molecule has 0 heterocycles. The first-order chi connectivity index (χ1) is 10.1.